The fourth-order valence-corrected chi connectivity index (χ4v) is 1.69. The second-order valence-corrected chi connectivity index (χ2v) is 3.45. The lowest BCUT2D eigenvalue weighted by atomic mass is 10.1. The Morgan fingerprint density at radius 3 is 2.00 bits per heavy atom. The summed E-state index contributed by atoms with van der Waals surface area (Å²) in [6.07, 6.45) is 0.0595. The number of hydrogen-bond donors (Lipinski definition) is 1. The zero-order valence-corrected chi connectivity index (χ0v) is 8.49. The number of aliphatic carboxylic acids is 1. The molecule has 0 saturated heterocycles. The van der Waals surface area contributed by atoms with Crippen LogP contribution < -0.4 is 0 Å². The van der Waals surface area contributed by atoms with Gasteiger partial charge in [-0.3, -0.25) is 14.5 Å². The lowest BCUT2D eigenvalue weighted by Gasteiger charge is -2.16. The first-order chi connectivity index (χ1) is 8.07. The predicted molar refractivity (Wildman–Crippen MR) is 54.4 cm³/mol. The Labute approximate surface area is 95.5 Å². The molecule has 6 nitrogen and oxygen atoms in total. The summed E-state index contributed by atoms with van der Waals surface area (Å²) in [6.45, 7) is 0. The number of benzene rings is 1. The summed E-state index contributed by atoms with van der Waals surface area (Å²) in [5.74, 6) is -3.05. The van der Waals surface area contributed by atoms with Crippen LogP contribution in [0.5, 0.6) is 0 Å². The molecule has 1 atom stereocenters. The van der Waals surface area contributed by atoms with Crippen LogP contribution in [0, 0.1) is 0 Å². The van der Waals surface area contributed by atoms with Crippen LogP contribution in [-0.2, 0) is 9.59 Å². The molecule has 86 valence electrons. The van der Waals surface area contributed by atoms with Gasteiger partial charge in [-0.1, -0.05) is 12.1 Å². The largest absolute Gasteiger partial charge is 0.479 e. The molecule has 0 saturated carbocycles. The quantitative estimate of drug-likeness (QED) is 0.448. The third-order valence-corrected chi connectivity index (χ3v) is 2.49. The lowest BCUT2D eigenvalue weighted by molar-refractivity contribution is -0.143. The number of carbonyl (C=O) groups is 4. The summed E-state index contributed by atoms with van der Waals surface area (Å²) < 4.78 is 0. The number of rotatable bonds is 3. The minimum atomic E-state index is -1.78. The molecule has 1 aromatic rings. The number of fused-ring (bicyclic) bond motifs is 1. The molecule has 1 unspecified atom stereocenters. The highest BCUT2D eigenvalue weighted by Gasteiger charge is 2.42. The molecule has 0 spiro atoms. The molecule has 1 heterocycles. The summed E-state index contributed by atoms with van der Waals surface area (Å²) >= 11 is 0. The first-order valence-corrected chi connectivity index (χ1v) is 4.73. The number of hydrogen-bond acceptors (Lipinski definition) is 4. The number of amides is 2. The van der Waals surface area contributed by atoms with Crippen molar-refractivity contribution in [2.45, 2.75) is 6.04 Å². The number of aldehydes is 1. The van der Waals surface area contributed by atoms with Gasteiger partial charge >= 0.3 is 5.97 Å². The molecular weight excluding hydrogens is 226 g/mol. The molecule has 1 aromatic carbocycles. The van der Waals surface area contributed by atoms with Gasteiger partial charge in [-0.05, 0) is 12.1 Å². The number of imide groups is 1. The fourth-order valence-electron chi connectivity index (χ4n) is 1.69. The molecule has 0 bridgehead atoms. The van der Waals surface area contributed by atoms with Gasteiger partial charge in [0.2, 0.25) is 0 Å². The van der Waals surface area contributed by atoms with Gasteiger partial charge in [-0.25, -0.2) is 4.79 Å². The van der Waals surface area contributed by atoms with Gasteiger partial charge in [-0.2, -0.15) is 0 Å². The molecule has 6 heteroatoms. The summed E-state index contributed by atoms with van der Waals surface area (Å²) in [5, 5.41) is 8.77. The molecule has 0 aromatic heterocycles. The highest BCUT2D eigenvalue weighted by Crippen LogP contribution is 2.23. The highest BCUT2D eigenvalue weighted by atomic mass is 16.4. The van der Waals surface area contributed by atoms with Crippen LogP contribution in [0.1, 0.15) is 20.7 Å². The van der Waals surface area contributed by atoms with Crippen molar-refractivity contribution in [2.75, 3.05) is 0 Å². The first kappa shape index (κ1) is 11.0. The van der Waals surface area contributed by atoms with Crippen molar-refractivity contribution >= 4 is 24.1 Å². The van der Waals surface area contributed by atoms with E-state index in [1.165, 1.54) is 12.1 Å². The Kier molecular flexibility index (Phi) is 2.47. The van der Waals surface area contributed by atoms with E-state index in [1.54, 1.807) is 12.1 Å². The molecule has 0 fully saturated rings. The molecule has 2 rings (SSSR count). The molecule has 1 N–H and O–H groups in total. The van der Waals surface area contributed by atoms with Crippen LogP contribution >= 0.6 is 0 Å². The van der Waals surface area contributed by atoms with E-state index in [9.17, 15) is 19.2 Å². The third-order valence-electron chi connectivity index (χ3n) is 2.49. The van der Waals surface area contributed by atoms with E-state index in [0.717, 1.165) is 0 Å². The van der Waals surface area contributed by atoms with Gasteiger partial charge in [0.25, 0.3) is 11.8 Å². The van der Waals surface area contributed by atoms with Gasteiger partial charge in [0.1, 0.15) is 0 Å². The van der Waals surface area contributed by atoms with Crippen LogP contribution in [0.25, 0.3) is 0 Å². The highest BCUT2D eigenvalue weighted by molar-refractivity contribution is 6.24. The van der Waals surface area contributed by atoms with Gasteiger partial charge in [0, 0.05) is 0 Å². The minimum Gasteiger partial charge on any atom is -0.479 e. The smallest absolute Gasteiger partial charge is 0.334 e. The van der Waals surface area contributed by atoms with Crippen LogP contribution in [0.2, 0.25) is 0 Å². The van der Waals surface area contributed by atoms with Crippen molar-refractivity contribution in [1.29, 1.82) is 0 Å². The molecule has 0 aliphatic carbocycles. The Morgan fingerprint density at radius 2 is 1.65 bits per heavy atom. The summed E-state index contributed by atoms with van der Waals surface area (Å²) in [4.78, 5) is 45.5. The van der Waals surface area contributed by atoms with E-state index < -0.39 is 23.8 Å². The van der Waals surface area contributed by atoms with E-state index in [4.69, 9.17) is 5.11 Å². The topological polar surface area (TPSA) is 91.8 Å². The molecule has 0 radical (unpaired) electrons. The second-order valence-electron chi connectivity index (χ2n) is 3.45. The van der Waals surface area contributed by atoms with E-state index >= 15 is 0 Å². The molecular formula is C11H7NO5. The van der Waals surface area contributed by atoms with Crippen molar-refractivity contribution in [3.8, 4) is 0 Å². The maximum Gasteiger partial charge on any atom is 0.334 e. The van der Waals surface area contributed by atoms with Crippen molar-refractivity contribution in [1.82, 2.24) is 4.90 Å². The molecule has 17 heavy (non-hydrogen) atoms. The van der Waals surface area contributed by atoms with Crippen LogP contribution in [0.4, 0.5) is 0 Å². The van der Waals surface area contributed by atoms with Crippen molar-refractivity contribution in [3.05, 3.63) is 35.4 Å². The van der Waals surface area contributed by atoms with Crippen LogP contribution in [0.15, 0.2) is 24.3 Å². The maximum absolute atomic E-state index is 11.8. The normalized spacial score (nSPS) is 15.6. The van der Waals surface area contributed by atoms with Crippen LogP contribution in [0.3, 0.4) is 0 Å². The van der Waals surface area contributed by atoms with E-state index in [2.05, 4.69) is 0 Å². The van der Waals surface area contributed by atoms with E-state index in [-0.39, 0.29) is 17.4 Å². The number of carboxylic acid groups (broad SMARTS) is 1. The minimum absolute atomic E-state index is 0.0595. The standard InChI is InChI=1S/C11H7NO5/c13-5-8(11(16)17)12-9(14)6-3-1-2-4-7(6)10(12)15/h1-5,8H,(H,16,17). The van der Waals surface area contributed by atoms with Gasteiger partial charge < -0.3 is 9.90 Å². The fraction of sp³-hybridized carbons (Fsp3) is 0.0909. The Bertz CT molecular complexity index is 501. The van der Waals surface area contributed by atoms with Crippen molar-refractivity contribution in [2.24, 2.45) is 0 Å². The Balaban J connectivity index is 2.49. The van der Waals surface area contributed by atoms with Crippen LogP contribution in [-0.4, -0.2) is 40.1 Å². The lowest BCUT2D eigenvalue weighted by Crippen LogP contribution is -2.45. The average molecular weight is 233 g/mol. The number of carbonyl (C=O) groups excluding carboxylic acids is 3. The van der Waals surface area contributed by atoms with Gasteiger partial charge in [0.15, 0.2) is 12.3 Å². The zero-order valence-electron chi connectivity index (χ0n) is 8.49. The second kappa shape index (κ2) is 3.82. The SMILES string of the molecule is O=CC(C(=O)O)N1C(=O)c2ccccc2C1=O. The average Bonchev–Trinajstić information content (AvgIpc) is 2.56. The van der Waals surface area contributed by atoms with E-state index in [1.807, 2.05) is 0 Å². The predicted octanol–water partition coefficient (Wildman–Crippen LogP) is -0.0653. The summed E-state index contributed by atoms with van der Waals surface area (Å²) in [7, 11) is 0. The van der Waals surface area contributed by atoms with Gasteiger partial charge in [-0.15, -0.1) is 0 Å². The van der Waals surface area contributed by atoms with E-state index in [0.29, 0.717) is 4.90 Å². The van der Waals surface area contributed by atoms with Crippen molar-refractivity contribution < 1.29 is 24.3 Å². The zero-order chi connectivity index (χ0) is 12.6. The monoisotopic (exact) mass is 233 g/mol. The first-order valence-electron chi connectivity index (χ1n) is 4.73. The molecule has 2 amide bonds. The summed E-state index contributed by atoms with van der Waals surface area (Å²) in [5.41, 5.74) is 0.233. The summed E-state index contributed by atoms with van der Waals surface area (Å²) in [6, 6.07) is 4.18. The van der Waals surface area contributed by atoms with Gasteiger partial charge in [0.05, 0.1) is 11.1 Å². The number of carboxylic acids is 1. The Morgan fingerprint density at radius 1 is 1.18 bits per heavy atom. The Hall–Kier alpha value is -2.50. The number of nitrogens with zero attached hydrogens (tertiary/aromatic N) is 1. The third kappa shape index (κ3) is 1.50. The molecule has 1 aliphatic rings. The maximum atomic E-state index is 11.8. The molecule has 1 aliphatic heterocycles. The van der Waals surface area contributed by atoms with Crippen molar-refractivity contribution in [3.63, 3.8) is 0 Å².